The van der Waals surface area contributed by atoms with Crippen molar-refractivity contribution in [2.45, 2.75) is 51.4 Å². The first-order valence-electron chi connectivity index (χ1n) is 6.17. The fourth-order valence-electron chi connectivity index (χ4n) is 2.72. The van der Waals surface area contributed by atoms with E-state index >= 15 is 0 Å². The third-order valence-corrected chi connectivity index (χ3v) is 3.62. The molecule has 0 unspecified atom stereocenters. The van der Waals surface area contributed by atoms with Gasteiger partial charge in [0.25, 0.3) is 0 Å². The lowest BCUT2D eigenvalue weighted by molar-refractivity contribution is -0.137. The van der Waals surface area contributed by atoms with E-state index in [1.807, 2.05) is 0 Å². The Morgan fingerprint density at radius 1 is 0.857 bits per heavy atom. The van der Waals surface area contributed by atoms with Crippen LogP contribution < -0.4 is 0 Å². The number of rotatable bonds is 1. The molecule has 1 aliphatic carbocycles. The van der Waals surface area contributed by atoms with Crippen LogP contribution in [0.4, 0.5) is 0 Å². The van der Waals surface area contributed by atoms with Crippen LogP contribution in [0.25, 0.3) is 0 Å². The lowest BCUT2D eigenvalue weighted by Crippen LogP contribution is -2.40. The highest BCUT2D eigenvalue weighted by atomic mass is 16.1. The summed E-state index contributed by atoms with van der Waals surface area (Å²) in [5, 5.41) is 0. The zero-order valence-electron chi connectivity index (χ0n) is 9.00. The van der Waals surface area contributed by atoms with Gasteiger partial charge in [0.05, 0.1) is 0 Å². The topological polar surface area (TPSA) is 20.3 Å². The highest BCUT2D eigenvalue weighted by Crippen LogP contribution is 2.26. The predicted molar refractivity (Wildman–Crippen MR) is 57.0 cm³/mol. The summed E-state index contributed by atoms with van der Waals surface area (Å²) < 4.78 is 0. The molecule has 0 radical (unpaired) electrons. The summed E-state index contributed by atoms with van der Waals surface area (Å²) in [7, 11) is 0. The Morgan fingerprint density at radius 2 is 1.43 bits per heavy atom. The summed E-state index contributed by atoms with van der Waals surface area (Å²) in [5.41, 5.74) is 0. The standard InChI is InChI=1S/C12H21NO/c14-12(11-7-3-1-4-8-11)13-9-5-2-6-10-13/h11H,1-10H2/i12-1. The Balaban J connectivity index is 1.85. The quantitative estimate of drug-likeness (QED) is 0.628. The fraction of sp³-hybridized carbons (Fsp3) is 0.917. The monoisotopic (exact) mass is 194 g/mol. The number of piperidine rings is 1. The van der Waals surface area contributed by atoms with E-state index in [1.165, 1.54) is 38.5 Å². The van der Waals surface area contributed by atoms with Crippen LogP contribution in [0.2, 0.25) is 0 Å². The molecule has 0 bridgehead atoms. The third kappa shape index (κ3) is 2.28. The van der Waals surface area contributed by atoms with Crippen LogP contribution in [0.3, 0.4) is 0 Å². The summed E-state index contributed by atoms with van der Waals surface area (Å²) in [4.78, 5) is 14.2. The van der Waals surface area contributed by atoms with E-state index in [-0.39, 0.29) is 0 Å². The molecule has 0 spiro atoms. The molecule has 2 nitrogen and oxygen atoms in total. The van der Waals surface area contributed by atoms with E-state index in [4.69, 9.17) is 0 Å². The second-order valence-electron chi connectivity index (χ2n) is 4.72. The maximum atomic E-state index is 12.1. The first-order chi connectivity index (χ1) is 6.88. The largest absolute Gasteiger partial charge is 0.342 e. The van der Waals surface area contributed by atoms with Gasteiger partial charge in [-0.2, -0.15) is 0 Å². The van der Waals surface area contributed by atoms with E-state index in [0.29, 0.717) is 11.8 Å². The molecule has 0 aromatic carbocycles. The minimum absolute atomic E-state index is 0.377. The van der Waals surface area contributed by atoms with Crippen molar-refractivity contribution >= 4 is 5.91 Å². The lowest BCUT2D eigenvalue weighted by Gasteiger charge is -2.31. The highest BCUT2D eigenvalue weighted by molar-refractivity contribution is 5.79. The Kier molecular flexibility index (Phi) is 3.44. The normalized spacial score (nSPS) is 25.0. The first-order valence-corrected chi connectivity index (χ1v) is 6.17. The van der Waals surface area contributed by atoms with Gasteiger partial charge in [0, 0.05) is 19.0 Å². The van der Waals surface area contributed by atoms with Crippen LogP contribution in [0.5, 0.6) is 0 Å². The lowest BCUT2D eigenvalue weighted by atomic mass is 9.69. The van der Waals surface area contributed by atoms with Gasteiger partial charge in [0.15, 0.2) is 0 Å². The van der Waals surface area contributed by atoms with Gasteiger partial charge in [-0.05, 0) is 32.1 Å². The van der Waals surface area contributed by atoms with Gasteiger partial charge < -0.3 is 4.90 Å². The Bertz CT molecular complexity index is 170. The summed E-state index contributed by atoms with van der Waals surface area (Å²) in [6, 6.07) is 0. The highest BCUT2D eigenvalue weighted by Gasteiger charge is 2.26. The molecule has 2 fully saturated rings. The second-order valence-corrected chi connectivity index (χ2v) is 4.72. The molecule has 14 heavy (non-hydrogen) atoms. The molecule has 0 atom stereocenters. The molecule has 80 valence electrons. The molecule has 1 aliphatic heterocycles. The van der Waals surface area contributed by atoms with E-state index in [0.717, 1.165) is 25.9 Å². The molecule has 1 heterocycles. The van der Waals surface area contributed by atoms with Gasteiger partial charge >= 0.3 is 0 Å². The van der Waals surface area contributed by atoms with Gasteiger partial charge in [0.1, 0.15) is 0 Å². The molecule has 1 saturated carbocycles. The maximum absolute atomic E-state index is 12.1. The van der Waals surface area contributed by atoms with Crippen LogP contribution in [0.15, 0.2) is 0 Å². The average molecular weight is 194 g/mol. The number of carbonyl (C=O) groups excluding carboxylic acids is 1. The number of nitrogens with zero attached hydrogens (tertiary/aromatic N) is 1. The summed E-state index contributed by atoms with van der Waals surface area (Å²) in [6.07, 6.45) is 9.92. The number of amides is 1. The summed E-state index contributed by atoms with van der Waals surface area (Å²) >= 11 is 0. The molecule has 1 amide bonds. The molecule has 0 aromatic heterocycles. The van der Waals surface area contributed by atoms with E-state index < -0.39 is 0 Å². The van der Waals surface area contributed by atoms with Crippen molar-refractivity contribution in [2.24, 2.45) is 5.92 Å². The summed E-state index contributed by atoms with van der Waals surface area (Å²) in [5.74, 6) is 0.839. The molecule has 1 saturated heterocycles. The van der Waals surface area contributed by atoms with Crippen molar-refractivity contribution in [3.8, 4) is 0 Å². The number of hydrogen-bond acceptors (Lipinski definition) is 1. The zero-order valence-corrected chi connectivity index (χ0v) is 9.00. The van der Waals surface area contributed by atoms with Gasteiger partial charge in [-0.1, -0.05) is 19.3 Å². The van der Waals surface area contributed by atoms with Crippen molar-refractivity contribution < 1.29 is 4.79 Å². The molecule has 0 N–H and O–H groups in total. The Morgan fingerprint density at radius 3 is 2.07 bits per heavy atom. The van der Waals surface area contributed by atoms with Crippen LogP contribution >= 0.6 is 0 Å². The van der Waals surface area contributed by atoms with Gasteiger partial charge in [-0.3, -0.25) is 4.79 Å². The van der Waals surface area contributed by atoms with Crippen molar-refractivity contribution in [1.29, 1.82) is 0 Å². The Labute approximate surface area is 86.7 Å². The third-order valence-electron chi connectivity index (χ3n) is 3.62. The maximum Gasteiger partial charge on any atom is 0.225 e. The van der Waals surface area contributed by atoms with Crippen LogP contribution in [0, 0.1) is 5.92 Å². The van der Waals surface area contributed by atoms with Crippen molar-refractivity contribution in [3.05, 3.63) is 0 Å². The molecule has 2 heteroatoms. The average Bonchev–Trinajstić information content (AvgIpc) is 2.30. The zero-order chi connectivity index (χ0) is 9.80. The Hall–Kier alpha value is -0.530. The smallest absolute Gasteiger partial charge is 0.225 e. The van der Waals surface area contributed by atoms with Crippen molar-refractivity contribution in [2.75, 3.05) is 13.1 Å². The minimum atomic E-state index is 0.377. The second kappa shape index (κ2) is 4.81. The minimum Gasteiger partial charge on any atom is -0.342 e. The molecule has 0 aromatic rings. The predicted octanol–water partition coefficient (Wildman–Crippen LogP) is 2.58. The fourth-order valence-corrected chi connectivity index (χ4v) is 2.72. The van der Waals surface area contributed by atoms with E-state index in [1.54, 1.807) is 0 Å². The van der Waals surface area contributed by atoms with Crippen LogP contribution in [-0.2, 0) is 4.79 Å². The van der Waals surface area contributed by atoms with Gasteiger partial charge in [-0.15, -0.1) is 0 Å². The number of likely N-dealkylation sites (tertiary alicyclic amines) is 1. The first kappa shape index (κ1) is 10.0. The van der Waals surface area contributed by atoms with E-state index in [2.05, 4.69) is 4.90 Å². The van der Waals surface area contributed by atoms with Gasteiger partial charge in [0.2, 0.25) is 5.91 Å². The number of hydrogen-bond donors (Lipinski definition) is 0. The van der Waals surface area contributed by atoms with E-state index in [9.17, 15) is 4.79 Å². The SMILES string of the molecule is O=[11C](C1CCCCC1)N1CCCCC1. The molecule has 2 aliphatic rings. The van der Waals surface area contributed by atoms with Crippen LogP contribution in [0.1, 0.15) is 51.4 Å². The van der Waals surface area contributed by atoms with Crippen LogP contribution in [-0.4, -0.2) is 23.9 Å². The van der Waals surface area contributed by atoms with Crippen molar-refractivity contribution in [1.82, 2.24) is 4.90 Å². The number of carbonyl (C=O) groups is 1. The molecular formula is C12H21NO. The van der Waals surface area contributed by atoms with Gasteiger partial charge in [-0.25, -0.2) is 0 Å². The van der Waals surface area contributed by atoms with Crippen molar-refractivity contribution in [3.63, 3.8) is 0 Å². The summed E-state index contributed by atoms with van der Waals surface area (Å²) in [6.45, 7) is 2.05. The molecule has 2 rings (SSSR count). The molecular weight excluding hydrogens is 173 g/mol.